The molecule has 1 N–H and O–H groups in total. The van der Waals surface area contributed by atoms with E-state index in [2.05, 4.69) is 15.3 Å². The number of hydrogen-bond donors (Lipinski definition) is 1. The second-order valence-electron chi connectivity index (χ2n) is 5.98. The number of ether oxygens (including phenoxy) is 1. The van der Waals surface area contributed by atoms with Gasteiger partial charge in [-0.05, 0) is 31.0 Å². The van der Waals surface area contributed by atoms with Crippen molar-refractivity contribution in [2.75, 3.05) is 25.5 Å². The minimum atomic E-state index is 0.000872. The van der Waals surface area contributed by atoms with E-state index < -0.39 is 0 Å². The molecule has 0 spiro atoms. The molecule has 132 valence electrons. The van der Waals surface area contributed by atoms with Gasteiger partial charge in [-0.2, -0.15) is 0 Å². The van der Waals surface area contributed by atoms with Crippen LogP contribution in [-0.4, -0.2) is 41.0 Å². The highest BCUT2D eigenvalue weighted by atomic mass is 35.5. The number of amides is 1. The molecule has 1 aliphatic heterocycles. The second-order valence-corrected chi connectivity index (χ2v) is 6.38. The number of aromatic nitrogens is 2. The van der Waals surface area contributed by atoms with Crippen LogP contribution < -0.4 is 10.1 Å². The number of anilines is 2. The Balaban J connectivity index is 1.67. The van der Waals surface area contributed by atoms with Gasteiger partial charge in [-0.25, -0.2) is 9.97 Å². The molecule has 1 aliphatic rings. The van der Waals surface area contributed by atoms with E-state index in [1.165, 1.54) is 12.8 Å². The number of nitrogens with zero attached hydrogens (tertiary/aromatic N) is 3. The lowest BCUT2D eigenvalue weighted by molar-refractivity contribution is 0.0761. The minimum absolute atomic E-state index is 0.000872. The number of halogens is 1. The van der Waals surface area contributed by atoms with Crippen molar-refractivity contribution in [2.45, 2.75) is 25.7 Å². The van der Waals surface area contributed by atoms with Crippen molar-refractivity contribution in [3.8, 4) is 5.75 Å². The summed E-state index contributed by atoms with van der Waals surface area (Å²) in [4.78, 5) is 22.9. The van der Waals surface area contributed by atoms with Crippen LogP contribution in [0.4, 0.5) is 11.6 Å². The van der Waals surface area contributed by atoms with Gasteiger partial charge in [-0.3, -0.25) is 4.79 Å². The van der Waals surface area contributed by atoms with Gasteiger partial charge in [0, 0.05) is 31.2 Å². The Hall–Kier alpha value is -2.34. The molecule has 0 saturated carbocycles. The third-order valence-corrected chi connectivity index (χ3v) is 4.50. The van der Waals surface area contributed by atoms with E-state index >= 15 is 0 Å². The third kappa shape index (κ3) is 4.39. The van der Waals surface area contributed by atoms with Crippen LogP contribution in [0.5, 0.6) is 5.75 Å². The van der Waals surface area contributed by atoms with Crippen molar-refractivity contribution in [1.29, 1.82) is 0 Å². The van der Waals surface area contributed by atoms with Crippen LogP contribution in [0.1, 0.15) is 36.0 Å². The molecule has 7 heteroatoms. The van der Waals surface area contributed by atoms with Crippen molar-refractivity contribution < 1.29 is 9.53 Å². The maximum Gasteiger partial charge on any atom is 0.256 e. The molecule has 0 radical (unpaired) electrons. The minimum Gasteiger partial charge on any atom is -0.495 e. The van der Waals surface area contributed by atoms with E-state index in [-0.39, 0.29) is 5.91 Å². The zero-order chi connectivity index (χ0) is 17.6. The van der Waals surface area contributed by atoms with Crippen molar-refractivity contribution in [3.05, 3.63) is 41.2 Å². The summed E-state index contributed by atoms with van der Waals surface area (Å²) in [5.41, 5.74) is 1.26. The fraction of sp³-hybridized carbons (Fsp3) is 0.389. The van der Waals surface area contributed by atoms with Crippen molar-refractivity contribution in [1.82, 2.24) is 14.9 Å². The largest absolute Gasteiger partial charge is 0.495 e. The van der Waals surface area contributed by atoms with Gasteiger partial charge >= 0.3 is 0 Å². The standard InChI is InChI=1S/C18H21ClN4O2/c1-25-16-7-6-14(10-15(16)19)22-18-20-11-13(12-21-18)17(24)23-8-4-2-3-5-9-23/h6-7,10-12H,2-5,8-9H2,1H3,(H,20,21,22). The highest BCUT2D eigenvalue weighted by Crippen LogP contribution is 2.28. The Bertz CT molecular complexity index is 728. The van der Waals surface area contributed by atoms with Gasteiger partial charge in [0.2, 0.25) is 5.95 Å². The first kappa shape index (κ1) is 17.5. The molecule has 2 aromatic rings. The average Bonchev–Trinajstić information content (AvgIpc) is 2.91. The van der Waals surface area contributed by atoms with E-state index in [4.69, 9.17) is 16.3 Å². The van der Waals surface area contributed by atoms with Crippen LogP contribution >= 0.6 is 11.6 Å². The predicted octanol–water partition coefficient (Wildman–Crippen LogP) is 3.90. The first-order chi connectivity index (χ1) is 12.2. The fourth-order valence-corrected chi connectivity index (χ4v) is 3.09. The average molecular weight is 361 g/mol. The zero-order valence-electron chi connectivity index (χ0n) is 14.2. The number of hydrogen-bond acceptors (Lipinski definition) is 5. The summed E-state index contributed by atoms with van der Waals surface area (Å²) in [5, 5.41) is 3.57. The van der Waals surface area contributed by atoms with Crippen LogP contribution in [0.2, 0.25) is 5.02 Å². The van der Waals surface area contributed by atoms with Crippen molar-refractivity contribution in [3.63, 3.8) is 0 Å². The summed E-state index contributed by atoms with van der Waals surface area (Å²) in [6, 6.07) is 5.33. The Kier molecular flexibility index (Phi) is 5.71. The van der Waals surface area contributed by atoms with Gasteiger partial charge in [0.1, 0.15) is 5.75 Å². The number of benzene rings is 1. The third-order valence-electron chi connectivity index (χ3n) is 4.20. The molecule has 1 saturated heterocycles. The van der Waals surface area contributed by atoms with Gasteiger partial charge in [0.05, 0.1) is 17.7 Å². The van der Waals surface area contributed by atoms with E-state index in [0.717, 1.165) is 31.6 Å². The van der Waals surface area contributed by atoms with Crippen molar-refractivity contribution in [2.24, 2.45) is 0 Å². The zero-order valence-corrected chi connectivity index (χ0v) is 14.9. The smallest absolute Gasteiger partial charge is 0.256 e. The van der Waals surface area contributed by atoms with Crippen molar-refractivity contribution >= 4 is 29.1 Å². The van der Waals surface area contributed by atoms with Gasteiger partial charge in [-0.1, -0.05) is 24.4 Å². The van der Waals surface area contributed by atoms with Crippen LogP contribution in [0.3, 0.4) is 0 Å². The van der Waals surface area contributed by atoms with Gasteiger partial charge in [-0.15, -0.1) is 0 Å². The molecule has 1 amide bonds. The van der Waals surface area contributed by atoms with Crippen LogP contribution in [-0.2, 0) is 0 Å². The van der Waals surface area contributed by atoms with Gasteiger partial charge < -0.3 is 15.0 Å². The molecule has 0 unspecified atom stereocenters. The number of nitrogens with one attached hydrogen (secondary N) is 1. The van der Waals surface area contributed by atoms with E-state index in [1.807, 2.05) is 11.0 Å². The van der Waals surface area contributed by atoms with Crippen LogP contribution in [0.25, 0.3) is 0 Å². The van der Waals surface area contributed by atoms with Crippen LogP contribution in [0.15, 0.2) is 30.6 Å². The molecule has 0 aliphatic carbocycles. The SMILES string of the molecule is COc1ccc(Nc2ncc(C(=O)N3CCCCCC3)cn2)cc1Cl. The summed E-state index contributed by atoms with van der Waals surface area (Å²) in [6.07, 6.45) is 7.62. The summed E-state index contributed by atoms with van der Waals surface area (Å²) in [6.45, 7) is 1.62. The number of likely N-dealkylation sites (tertiary alicyclic amines) is 1. The highest BCUT2D eigenvalue weighted by molar-refractivity contribution is 6.32. The van der Waals surface area contributed by atoms with E-state index in [1.54, 1.807) is 31.6 Å². The second kappa shape index (κ2) is 8.16. The lowest BCUT2D eigenvalue weighted by atomic mass is 10.2. The Morgan fingerprint density at radius 3 is 2.44 bits per heavy atom. The number of methoxy groups -OCH3 is 1. The monoisotopic (exact) mass is 360 g/mol. The lowest BCUT2D eigenvalue weighted by Crippen LogP contribution is -2.32. The van der Waals surface area contributed by atoms with E-state index in [0.29, 0.717) is 22.3 Å². The predicted molar refractivity (Wildman–Crippen MR) is 97.7 cm³/mol. The molecule has 0 atom stereocenters. The molecule has 25 heavy (non-hydrogen) atoms. The highest BCUT2D eigenvalue weighted by Gasteiger charge is 2.18. The molecular weight excluding hydrogens is 340 g/mol. The fourth-order valence-electron chi connectivity index (χ4n) is 2.83. The molecule has 1 fully saturated rings. The summed E-state index contributed by atoms with van der Waals surface area (Å²) >= 11 is 6.11. The number of rotatable bonds is 4. The summed E-state index contributed by atoms with van der Waals surface area (Å²) in [7, 11) is 1.57. The Morgan fingerprint density at radius 2 is 1.84 bits per heavy atom. The molecule has 6 nitrogen and oxygen atoms in total. The molecule has 0 bridgehead atoms. The number of carbonyl (C=O) groups is 1. The Labute approximate surface area is 152 Å². The van der Waals surface area contributed by atoms with Gasteiger partial charge in [0.25, 0.3) is 5.91 Å². The topological polar surface area (TPSA) is 67.3 Å². The molecule has 3 rings (SSSR count). The molecular formula is C18H21ClN4O2. The normalized spacial score (nSPS) is 14.7. The van der Waals surface area contributed by atoms with Crippen LogP contribution in [0, 0.1) is 0 Å². The summed E-state index contributed by atoms with van der Waals surface area (Å²) < 4.78 is 5.13. The first-order valence-electron chi connectivity index (χ1n) is 8.39. The first-order valence-corrected chi connectivity index (χ1v) is 8.77. The maximum absolute atomic E-state index is 12.5. The maximum atomic E-state index is 12.5. The number of carbonyl (C=O) groups excluding carboxylic acids is 1. The quantitative estimate of drug-likeness (QED) is 0.895. The lowest BCUT2D eigenvalue weighted by Gasteiger charge is -2.19. The van der Waals surface area contributed by atoms with E-state index in [9.17, 15) is 4.79 Å². The summed E-state index contributed by atoms with van der Waals surface area (Å²) in [5.74, 6) is 1.01. The van der Waals surface area contributed by atoms with Gasteiger partial charge in [0.15, 0.2) is 0 Å². The molecule has 1 aromatic carbocycles. The molecule has 2 heterocycles. The molecule has 1 aromatic heterocycles. The Morgan fingerprint density at radius 1 is 1.16 bits per heavy atom.